The van der Waals surface area contributed by atoms with E-state index in [1.165, 1.54) is 18.2 Å². The van der Waals surface area contributed by atoms with Crippen molar-refractivity contribution >= 4 is 17.3 Å². The zero-order valence-electron chi connectivity index (χ0n) is 10.4. The molecule has 1 N–H and O–H groups in total. The predicted molar refractivity (Wildman–Crippen MR) is 68.0 cm³/mol. The third-order valence-electron chi connectivity index (χ3n) is 2.60. The Morgan fingerprint density at radius 2 is 2.26 bits per heavy atom. The molecule has 0 spiro atoms. The summed E-state index contributed by atoms with van der Waals surface area (Å²) in [5.74, 6) is -0.909. The van der Waals surface area contributed by atoms with Crippen LogP contribution in [0, 0.1) is 21.4 Å². The Bertz CT molecular complexity index is 536. The van der Waals surface area contributed by atoms with Gasteiger partial charge in [0, 0.05) is 26.1 Å². The van der Waals surface area contributed by atoms with Gasteiger partial charge in [0.25, 0.3) is 5.69 Å². The maximum absolute atomic E-state index is 10.9. The van der Waals surface area contributed by atoms with Crippen LogP contribution in [0.3, 0.4) is 0 Å². The third-order valence-corrected chi connectivity index (χ3v) is 2.60. The summed E-state index contributed by atoms with van der Waals surface area (Å²) in [6.45, 7) is 0.363. The molecular weight excluding hydrogens is 250 g/mol. The van der Waals surface area contributed by atoms with E-state index in [9.17, 15) is 14.9 Å². The minimum absolute atomic E-state index is 0.00389. The van der Waals surface area contributed by atoms with Crippen LogP contribution in [-0.4, -0.2) is 29.6 Å². The molecule has 100 valence electrons. The van der Waals surface area contributed by atoms with Gasteiger partial charge in [0.15, 0.2) is 0 Å². The van der Waals surface area contributed by atoms with Crippen molar-refractivity contribution in [2.24, 2.45) is 0 Å². The van der Waals surface area contributed by atoms with E-state index in [2.05, 4.69) is 0 Å². The molecule has 0 bridgehead atoms. The van der Waals surface area contributed by atoms with Gasteiger partial charge in [-0.3, -0.25) is 14.9 Å². The molecular formula is C12H13N3O4. The second-order valence-electron chi connectivity index (χ2n) is 3.99. The molecule has 0 atom stereocenters. The van der Waals surface area contributed by atoms with E-state index in [0.717, 1.165) is 0 Å². The number of hydrogen-bond donors (Lipinski definition) is 1. The van der Waals surface area contributed by atoms with Gasteiger partial charge in [-0.25, -0.2) is 0 Å². The standard InChI is InChI=1S/C12H13N3O4/c1-14(6-2-3-12(16)17)11-7-9(8-13)4-5-10(11)15(18)19/h4-5,7H,2-3,6H2,1H3,(H,16,17). The van der Waals surface area contributed by atoms with Crippen LogP contribution in [0.4, 0.5) is 11.4 Å². The van der Waals surface area contributed by atoms with Crippen LogP contribution in [-0.2, 0) is 4.79 Å². The normalized spacial score (nSPS) is 9.68. The number of aliphatic carboxylic acids is 1. The van der Waals surface area contributed by atoms with Crippen LogP contribution < -0.4 is 4.90 Å². The van der Waals surface area contributed by atoms with Crippen molar-refractivity contribution in [2.45, 2.75) is 12.8 Å². The van der Waals surface area contributed by atoms with Gasteiger partial charge in [-0.05, 0) is 18.6 Å². The Morgan fingerprint density at radius 3 is 2.79 bits per heavy atom. The summed E-state index contributed by atoms with van der Waals surface area (Å²) in [5.41, 5.74) is 0.539. The Kier molecular flexibility index (Phi) is 4.83. The van der Waals surface area contributed by atoms with E-state index in [4.69, 9.17) is 10.4 Å². The highest BCUT2D eigenvalue weighted by atomic mass is 16.6. The minimum atomic E-state index is -0.909. The summed E-state index contributed by atoms with van der Waals surface area (Å²) in [7, 11) is 1.63. The molecule has 0 fully saturated rings. The Labute approximate surface area is 109 Å². The molecule has 0 heterocycles. The van der Waals surface area contributed by atoms with E-state index in [1.807, 2.05) is 6.07 Å². The molecule has 1 rings (SSSR count). The molecule has 0 radical (unpaired) electrons. The molecule has 0 aliphatic rings. The lowest BCUT2D eigenvalue weighted by molar-refractivity contribution is -0.384. The summed E-state index contributed by atoms with van der Waals surface area (Å²) >= 11 is 0. The number of nitro groups is 1. The van der Waals surface area contributed by atoms with Gasteiger partial charge in [0.1, 0.15) is 5.69 Å². The van der Waals surface area contributed by atoms with Crippen LogP contribution >= 0.6 is 0 Å². The van der Waals surface area contributed by atoms with Crippen molar-refractivity contribution in [1.82, 2.24) is 0 Å². The van der Waals surface area contributed by atoms with Gasteiger partial charge in [-0.15, -0.1) is 0 Å². The summed E-state index contributed by atoms with van der Waals surface area (Å²) in [4.78, 5) is 22.4. The lowest BCUT2D eigenvalue weighted by Gasteiger charge is -2.18. The van der Waals surface area contributed by atoms with Gasteiger partial charge >= 0.3 is 5.97 Å². The first-order valence-electron chi connectivity index (χ1n) is 5.57. The molecule has 0 saturated carbocycles. The quantitative estimate of drug-likeness (QED) is 0.619. The number of carboxylic acid groups (broad SMARTS) is 1. The molecule has 0 aromatic heterocycles. The van der Waals surface area contributed by atoms with Crippen LogP contribution in [0.25, 0.3) is 0 Å². The molecule has 0 aliphatic carbocycles. The molecule has 0 saturated heterocycles. The van der Waals surface area contributed by atoms with E-state index >= 15 is 0 Å². The fraction of sp³-hybridized carbons (Fsp3) is 0.333. The van der Waals surface area contributed by atoms with Crippen LogP contribution in [0.2, 0.25) is 0 Å². The molecule has 0 unspecified atom stereocenters. The first-order chi connectivity index (χ1) is 8.95. The highest BCUT2D eigenvalue weighted by Crippen LogP contribution is 2.28. The second-order valence-corrected chi connectivity index (χ2v) is 3.99. The van der Waals surface area contributed by atoms with Gasteiger partial charge < -0.3 is 10.0 Å². The van der Waals surface area contributed by atoms with E-state index in [1.54, 1.807) is 11.9 Å². The van der Waals surface area contributed by atoms with Gasteiger partial charge in [0.05, 0.1) is 16.6 Å². The molecule has 0 aliphatic heterocycles. The molecule has 7 heteroatoms. The second kappa shape index (κ2) is 6.35. The number of nitriles is 1. The van der Waals surface area contributed by atoms with Crippen molar-refractivity contribution in [2.75, 3.05) is 18.5 Å². The van der Waals surface area contributed by atoms with E-state index in [-0.39, 0.29) is 12.1 Å². The lowest BCUT2D eigenvalue weighted by Crippen LogP contribution is -2.20. The highest BCUT2D eigenvalue weighted by Gasteiger charge is 2.17. The minimum Gasteiger partial charge on any atom is -0.481 e. The molecule has 1 aromatic rings. The molecule has 19 heavy (non-hydrogen) atoms. The number of benzene rings is 1. The van der Waals surface area contributed by atoms with Crippen molar-refractivity contribution in [3.8, 4) is 6.07 Å². The van der Waals surface area contributed by atoms with Crippen LogP contribution in [0.5, 0.6) is 0 Å². The third kappa shape index (κ3) is 3.96. The zero-order chi connectivity index (χ0) is 14.4. The molecule has 7 nitrogen and oxygen atoms in total. The topological polar surface area (TPSA) is 107 Å². The smallest absolute Gasteiger partial charge is 0.303 e. The summed E-state index contributed by atoms with van der Waals surface area (Å²) < 4.78 is 0. The number of rotatable bonds is 6. The van der Waals surface area contributed by atoms with Crippen molar-refractivity contribution in [3.63, 3.8) is 0 Å². The molecule has 1 aromatic carbocycles. The monoisotopic (exact) mass is 263 g/mol. The number of carbonyl (C=O) groups is 1. The zero-order valence-corrected chi connectivity index (χ0v) is 10.4. The number of nitro benzene ring substituents is 1. The molecule has 0 amide bonds. The summed E-state index contributed by atoms with van der Waals surface area (Å²) in [6, 6.07) is 6.01. The first-order valence-corrected chi connectivity index (χ1v) is 5.57. The number of anilines is 1. The van der Waals surface area contributed by atoms with E-state index < -0.39 is 10.9 Å². The first kappa shape index (κ1) is 14.4. The Balaban J connectivity index is 2.93. The van der Waals surface area contributed by atoms with Crippen molar-refractivity contribution in [1.29, 1.82) is 5.26 Å². The maximum Gasteiger partial charge on any atom is 0.303 e. The van der Waals surface area contributed by atoms with Crippen molar-refractivity contribution < 1.29 is 14.8 Å². The van der Waals surface area contributed by atoms with Gasteiger partial charge in [0.2, 0.25) is 0 Å². The fourth-order valence-corrected chi connectivity index (χ4v) is 1.64. The van der Waals surface area contributed by atoms with Crippen molar-refractivity contribution in [3.05, 3.63) is 33.9 Å². The maximum atomic E-state index is 10.9. The Morgan fingerprint density at radius 1 is 1.58 bits per heavy atom. The van der Waals surface area contributed by atoms with Crippen LogP contribution in [0.1, 0.15) is 18.4 Å². The Hall–Kier alpha value is -2.62. The largest absolute Gasteiger partial charge is 0.481 e. The number of nitrogens with zero attached hydrogens (tertiary/aromatic N) is 3. The number of carboxylic acids is 1. The lowest BCUT2D eigenvalue weighted by atomic mass is 10.1. The summed E-state index contributed by atoms with van der Waals surface area (Å²) in [6.07, 6.45) is 0.371. The van der Waals surface area contributed by atoms with Gasteiger partial charge in [-0.2, -0.15) is 5.26 Å². The van der Waals surface area contributed by atoms with E-state index in [0.29, 0.717) is 24.2 Å². The SMILES string of the molecule is CN(CCCC(=O)O)c1cc(C#N)ccc1[N+](=O)[O-]. The van der Waals surface area contributed by atoms with Crippen LogP contribution in [0.15, 0.2) is 18.2 Å². The summed E-state index contributed by atoms with van der Waals surface area (Å²) in [5, 5.41) is 28.3. The average Bonchev–Trinajstić information content (AvgIpc) is 2.37. The van der Waals surface area contributed by atoms with Gasteiger partial charge in [-0.1, -0.05) is 0 Å². The number of hydrogen-bond acceptors (Lipinski definition) is 5. The fourth-order valence-electron chi connectivity index (χ4n) is 1.64. The predicted octanol–water partition coefficient (Wildman–Crippen LogP) is 1.77. The average molecular weight is 263 g/mol. The highest BCUT2D eigenvalue weighted by molar-refractivity contribution is 5.67.